The standard InChI is InChI=1S/C18H20Cl2N4O/c1-11-3-5-24(6-4-11)18-21-10-16(12(2)22-18)17(25)23-15-8-13(19)7-14(20)9-15/h7-11H,3-6H2,1-2H3,(H,23,25). The number of aromatic nitrogens is 2. The molecule has 25 heavy (non-hydrogen) atoms. The van der Waals surface area contributed by atoms with Crippen LogP contribution < -0.4 is 10.2 Å². The minimum Gasteiger partial charge on any atom is -0.341 e. The first-order valence-corrected chi connectivity index (χ1v) is 9.04. The highest BCUT2D eigenvalue weighted by atomic mass is 35.5. The second kappa shape index (κ2) is 7.58. The number of halogens is 2. The summed E-state index contributed by atoms with van der Waals surface area (Å²) in [5.41, 5.74) is 1.62. The van der Waals surface area contributed by atoms with Crippen molar-refractivity contribution in [2.24, 2.45) is 5.92 Å². The van der Waals surface area contributed by atoms with Gasteiger partial charge in [-0.1, -0.05) is 30.1 Å². The molecule has 0 bridgehead atoms. The van der Waals surface area contributed by atoms with E-state index >= 15 is 0 Å². The van der Waals surface area contributed by atoms with Gasteiger partial charge in [-0.3, -0.25) is 4.79 Å². The second-order valence-corrected chi connectivity index (χ2v) is 7.32. The average molecular weight is 379 g/mol. The van der Waals surface area contributed by atoms with E-state index in [1.165, 1.54) is 0 Å². The largest absolute Gasteiger partial charge is 0.341 e. The Balaban J connectivity index is 1.75. The molecule has 2 heterocycles. The fourth-order valence-electron chi connectivity index (χ4n) is 2.86. The molecule has 1 amide bonds. The van der Waals surface area contributed by atoms with Crippen molar-refractivity contribution in [3.63, 3.8) is 0 Å². The number of carbonyl (C=O) groups is 1. The maximum absolute atomic E-state index is 12.5. The van der Waals surface area contributed by atoms with Gasteiger partial charge in [0.15, 0.2) is 0 Å². The lowest BCUT2D eigenvalue weighted by atomic mass is 10.00. The first kappa shape index (κ1) is 18.0. The van der Waals surface area contributed by atoms with E-state index in [4.69, 9.17) is 23.2 Å². The highest BCUT2D eigenvalue weighted by Crippen LogP contribution is 2.24. The van der Waals surface area contributed by atoms with Gasteiger partial charge < -0.3 is 10.2 Å². The zero-order chi connectivity index (χ0) is 18.0. The van der Waals surface area contributed by atoms with Crippen molar-refractivity contribution in [1.82, 2.24) is 9.97 Å². The Morgan fingerprint density at radius 3 is 2.44 bits per heavy atom. The maximum Gasteiger partial charge on any atom is 0.259 e. The molecule has 1 aromatic carbocycles. The number of benzene rings is 1. The molecule has 0 atom stereocenters. The van der Waals surface area contributed by atoms with Gasteiger partial charge in [0.2, 0.25) is 5.95 Å². The quantitative estimate of drug-likeness (QED) is 0.848. The van der Waals surface area contributed by atoms with Crippen LogP contribution in [0.15, 0.2) is 24.4 Å². The lowest BCUT2D eigenvalue weighted by Crippen LogP contribution is -2.34. The van der Waals surface area contributed by atoms with Crippen molar-refractivity contribution >= 4 is 40.7 Å². The summed E-state index contributed by atoms with van der Waals surface area (Å²) in [7, 11) is 0. The molecule has 1 fully saturated rings. The number of amides is 1. The number of piperidine rings is 1. The zero-order valence-electron chi connectivity index (χ0n) is 14.2. The minimum atomic E-state index is -0.283. The Bertz CT molecular complexity index is 768. The number of rotatable bonds is 3. The molecule has 2 aromatic rings. The van der Waals surface area contributed by atoms with Crippen LogP contribution in [0.25, 0.3) is 0 Å². The summed E-state index contributed by atoms with van der Waals surface area (Å²) in [4.78, 5) is 23.6. The molecule has 1 aliphatic heterocycles. The predicted octanol–water partition coefficient (Wildman–Crippen LogP) is 4.58. The molecular weight excluding hydrogens is 359 g/mol. The van der Waals surface area contributed by atoms with Gasteiger partial charge in [-0.2, -0.15) is 0 Å². The zero-order valence-corrected chi connectivity index (χ0v) is 15.7. The van der Waals surface area contributed by atoms with Crippen LogP contribution in [0.1, 0.15) is 35.8 Å². The number of nitrogens with zero attached hydrogens (tertiary/aromatic N) is 3. The van der Waals surface area contributed by atoms with Crippen molar-refractivity contribution in [3.8, 4) is 0 Å². The number of nitrogens with one attached hydrogen (secondary N) is 1. The van der Waals surface area contributed by atoms with Crippen molar-refractivity contribution < 1.29 is 4.79 Å². The number of hydrogen-bond acceptors (Lipinski definition) is 4. The Kier molecular flexibility index (Phi) is 5.45. The van der Waals surface area contributed by atoms with E-state index in [0.717, 1.165) is 31.8 Å². The highest BCUT2D eigenvalue weighted by molar-refractivity contribution is 6.35. The first-order valence-electron chi connectivity index (χ1n) is 8.28. The molecule has 0 saturated carbocycles. The molecule has 0 unspecified atom stereocenters. The Labute approximate surface area is 157 Å². The van der Waals surface area contributed by atoms with Gasteiger partial charge in [-0.05, 0) is 43.9 Å². The smallest absolute Gasteiger partial charge is 0.259 e. The van der Waals surface area contributed by atoms with Gasteiger partial charge in [-0.15, -0.1) is 0 Å². The Morgan fingerprint density at radius 2 is 1.84 bits per heavy atom. The summed E-state index contributed by atoms with van der Waals surface area (Å²) in [6.45, 7) is 5.98. The Hall–Kier alpha value is -1.85. The summed E-state index contributed by atoms with van der Waals surface area (Å²) >= 11 is 11.9. The van der Waals surface area contributed by atoms with Gasteiger partial charge in [-0.25, -0.2) is 9.97 Å². The van der Waals surface area contributed by atoms with Gasteiger partial charge in [0.25, 0.3) is 5.91 Å². The third kappa shape index (κ3) is 4.41. The molecule has 3 rings (SSSR count). The molecule has 1 aliphatic rings. The molecule has 1 aromatic heterocycles. The first-order chi connectivity index (χ1) is 11.9. The van der Waals surface area contributed by atoms with Crippen LogP contribution in [0.2, 0.25) is 10.0 Å². The van der Waals surface area contributed by atoms with Gasteiger partial charge in [0, 0.05) is 35.0 Å². The van der Waals surface area contributed by atoms with Crippen LogP contribution >= 0.6 is 23.2 Å². The minimum absolute atomic E-state index is 0.283. The normalized spacial score (nSPS) is 15.3. The van der Waals surface area contributed by atoms with E-state index in [1.807, 2.05) is 6.92 Å². The van der Waals surface area contributed by atoms with Gasteiger partial charge in [0.05, 0.1) is 11.3 Å². The third-order valence-electron chi connectivity index (χ3n) is 4.40. The number of anilines is 2. The SMILES string of the molecule is Cc1nc(N2CCC(C)CC2)ncc1C(=O)Nc1cc(Cl)cc(Cl)c1. The molecule has 1 N–H and O–H groups in total. The average Bonchev–Trinajstić information content (AvgIpc) is 2.54. The summed E-state index contributed by atoms with van der Waals surface area (Å²) in [5, 5.41) is 3.71. The van der Waals surface area contributed by atoms with Crippen molar-refractivity contribution in [1.29, 1.82) is 0 Å². The van der Waals surface area contributed by atoms with E-state index in [9.17, 15) is 4.79 Å². The summed E-state index contributed by atoms with van der Waals surface area (Å²) in [6, 6.07) is 4.90. The molecule has 5 nitrogen and oxygen atoms in total. The fourth-order valence-corrected chi connectivity index (χ4v) is 3.39. The summed E-state index contributed by atoms with van der Waals surface area (Å²) in [6.07, 6.45) is 3.86. The molecule has 0 aliphatic carbocycles. The third-order valence-corrected chi connectivity index (χ3v) is 4.83. The summed E-state index contributed by atoms with van der Waals surface area (Å²) < 4.78 is 0. The van der Waals surface area contributed by atoms with Crippen LogP contribution in [-0.4, -0.2) is 29.0 Å². The molecule has 0 radical (unpaired) electrons. The maximum atomic E-state index is 12.5. The van der Waals surface area contributed by atoms with Crippen molar-refractivity contribution in [2.45, 2.75) is 26.7 Å². The van der Waals surface area contributed by atoms with E-state index < -0.39 is 0 Å². The van der Waals surface area contributed by atoms with Crippen molar-refractivity contribution in [3.05, 3.63) is 45.7 Å². The predicted molar refractivity (Wildman–Crippen MR) is 102 cm³/mol. The van der Waals surface area contributed by atoms with Crippen molar-refractivity contribution in [2.75, 3.05) is 23.3 Å². The number of aryl methyl sites for hydroxylation is 1. The van der Waals surface area contributed by atoms with Crippen LogP contribution in [-0.2, 0) is 0 Å². The monoisotopic (exact) mass is 378 g/mol. The lowest BCUT2D eigenvalue weighted by Gasteiger charge is -2.30. The van der Waals surface area contributed by atoms with E-state index in [2.05, 4.69) is 27.1 Å². The van der Waals surface area contributed by atoms with Crippen LogP contribution in [0.4, 0.5) is 11.6 Å². The topological polar surface area (TPSA) is 58.1 Å². The molecule has 0 spiro atoms. The van der Waals surface area contributed by atoms with E-state index in [0.29, 0.717) is 32.9 Å². The fraction of sp³-hybridized carbons (Fsp3) is 0.389. The van der Waals surface area contributed by atoms with E-state index in [-0.39, 0.29) is 5.91 Å². The molecule has 1 saturated heterocycles. The Morgan fingerprint density at radius 1 is 1.20 bits per heavy atom. The molecule has 7 heteroatoms. The lowest BCUT2D eigenvalue weighted by molar-refractivity contribution is 0.102. The van der Waals surface area contributed by atoms with Crippen LogP contribution in [0.5, 0.6) is 0 Å². The summed E-state index contributed by atoms with van der Waals surface area (Å²) in [5.74, 6) is 1.15. The van der Waals surface area contributed by atoms with Crippen LogP contribution in [0.3, 0.4) is 0 Å². The number of carbonyl (C=O) groups excluding carboxylic acids is 1. The molecule has 132 valence electrons. The van der Waals surface area contributed by atoms with Gasteiger partial charge in [0.1, 0.15) is 0 Å². The highest BCUT2D eigenvalue weighted by Gasteiger charge is 2.20. The molecular formula is C18H20Cl2N4O. The van der Waals surface area contributed by atoms with Gasteiger partial charge >= 0.3 is 0 Å². The van der Waals surface area contributed by atoms with Crippen LogP contribution in [0, 0.1) is 12.8 Å². The number of hydrogen-bond donors (Lipinski definition) is 1. The van der Waals surface area contributed by atoms with E-state index in [1.54, 1.807) is 24.4 Å². The second-order valence-electron chi connectivity index (χ2n) is 6.45.